The molecule has 0 bridgehead atoms. The van der Waals surface area contributed by atoms with E-state index in [0.29, 0.717) is 18.2 Å². The van der Waals surface area contributed by atoms with Crippen LogP contribution in [0.15, 0.2) is 84.2 Å². The van der Waals surface area contributed by atoms with Gasteiger partial charge in [0.2, 0.25) is 0 Å². The number of thiazole rings is 1. The minimum Gasteiger partial charge on any atom is -0.484 e. The van der Waals surface area contributed by atoms with Crippen LogP contribution in [0.3, 0.4) is 0 Å². The molecule has 1 amide bonds. The maximum Gasteiger partial charge on any atom is 0.258 e. The molecule has 0 spiro atoms. The van der Waals surface area contributed by atoms with Gasteiger partial charge >= 0.3 is 0 Å². The van der Waals surface area contributed by atoms with Gasteiger partial charge in [0.25, 0.3) is 5.91 Å². The van der Waals surface area contributed by atoms with Crippen LogP contribution in [-0.2, 0) is 11.3 Å². The lowest BCUT2D eigenvalue weighted by Gasteiger charge is -2.10. The number of ether oxygens (including phenoxy) is 1. The van der Waals surface area contributed by atoms with E-state index in [1.54, 1.807) is 11.3 Å². The molecule has 4 rings (SSSR count). The zero-order valence-electron chi connectivity index (χ0n) is 18.2. The number of carbonyl (C=O) groups excluding carboxylic acids is 1. The summed E-state index contributed by atoms with van der Waals surface area (Å²) in [5, 5.41) is 5.97. The monoisotopic (exact) mass is 442 g/mol. The number of nitrogens with zero attached hydrogens (tertiary/aromatic N) is 1. The molecule has 0 aliphatic carbocycles. The summed E-state index contributed by atoms with van der Waals surface area (Å²) in [6.07, 6.45) is 0. The van der Waals surface area contributed by atoms with E-state index in [1.165, 1.54) is 5.56 Å². The fourth-order valence-electron chi connectivity index (χ4n) is 3.33. The first-order valence-corrected chi connectivity index (χ1v) is 11.6. The fourth-order valence-corrected chi connectivity index (χ4v) is 4.15. The highest BCUT2D eigenvalue weighted by atomic mass is 32.1. The molecule has 0 fully saturated rings. The zero-order chi connectivity index (χ0) is 22.3. The molecule has 0 unspecified atom stereocenters. The number of hydrogen-bond donors (Lipinski definition) is 1. The Kier molecular flexibility index (Phi) is 6.97. The molecule has 0 radical (unpaired) electrons. The molecular formula is C27H26N2O2S. The van der Waals surface area contributed by atoms with Crippen LogP contribution in [0.25, 0.3) is 21.8 Å². The highest BCUT2D eigenvalue weighted by Gasteiger charge is 2.09. The quantitative estimate of drug-likeness (QED) is 0.349. The molecule has 3 aromatic carbocycles. The number of benzene rings is 3. The fraction of sp³-hybridized carbons (Fsp3) is 0.185. The lowest BCUT2D eigenvalue weighted by atomic mass is 10.0. The zero-order valence-corrected chi connectivity index (χ0v) is 19.1. The first-order valence-electron chi connectivity index (χ1n) is 10.7. The Hall–Kier alpha value is -3.44. The summed E-state index contributed by atoms with van der Waals surface area (Å²) < 4.78 is 5.66. The molecule has 0 aliphatic rings. The topological polar surface area (TPSA) is 51.2 Å². The molecule has 1 N–H and O–H groups in total. The van der Waals surface area contributed by atoms with Crippen LogP contribution in [0.1, 0.15) is 30.9 Å². The van der Waals surface area contributed by atoms with Gasteiger partial charge in [-0.3, -0.25) is 4.79 Å². The Morgan fingerprint density at radius 3 is 2.56 bits per heavy atom. The van der Waals surface area contributed by atoms with Gasteiger partial charge in [-0.15, -0.1) is 11.3 Å². The summed E-state index contributed by atoms with van der Waals surface area (Å²) in [5.41, 5.74) is 5.34. The van der Waals surface area contributed by atoms with Gasteiger partial charge in [0, 0.05) is 23.1 Å². The summed E-state index contributed by atoms with van der Waals surface area (Å²) in [7, 11) is 0. The molecule has 5 heteroatoms. The third-order valence-corrected chi connectivity index (χ3v) is 6.02. The van der Waals surface area contributed by atoms with E-state index in [9.17, 15) is 4.79 Å². The molecular weight excluding hydrogens is 416 g/mol. The van der Waals surface area contributed by atoms with Gasteiger partial charge in [0.15, 0.2) is 6.61 Å². The van der Waals surface area contributed by atoms with E-state index >= 15 is 0 Å². The van der Waals surface area contributed by atoms with Gasteiger partial charge in [0.05, 0.1) is 5.69 Å². The molecule has 0 aliphatic heterocycles. The molecule has 0 saturated carbocycles. The lowest BCUT2D eigenvalue weighted by Crippen LogP contribution is -2.28. The molecule has 4 nitrogen and oxygen atoms in total. The predicted molar refractivity (Wildman–Crippen MR) is 131 cm³/mol. The van der Waals surface area contributed by atoms with Crippen molar-refractivity contribution in [1.82, 2.24) is 10.3 Å². The van der Waals surface area contributed by atoms with Crippen LogP contribution in [0.4, 0.5) is 0 Å². The van der Waals surface area contributed by atoms with Crippen molar-refractivity contribution < 1.29 is 9.53 Å². The predicted octanol–water partition coefficient (Wildman–Crippen LogP) is 6.30. The van der Waals surface area contributed by atoms with Crippen molar-refractivity contribution in [3.8, 4) is 27.6 Å². The van der Waals surface area contributed by atoms with Crippen molar-refractivity contribution in [1.29, 1.82) is 0 Å². The summed E-state index contributed by atoms with van der Waals surface area (Å²) in [5.74, 6) is 0.985. The van der Waals surface area contributed by atoms with E-state index in [0.717, 1.165) is 27.4 Å². The van der Waals surface area contributed by atoms with Crippen LogP contribution >= 0.6 is 11.3 Å². The smallest absolute Gasteiger partial charge is 0.258 e. The summed E-state index contributed by atoms with van der Waals surface area (Å²) >= 11 is 1.62. The molecule has 0 atom stereocenters. The summed E-state index contributed by atoms with van der Waals surface area (Å²) in [6.45, 7) is 4.70. The highest BCUT2D eigenvalue weighted by molar-refractivity contribution is 7.13. The van der Waals surface area contributed by atoms with Gasteiger partial charge in [-0.05, 0) is 35.2 Å². The molecule has 4 aromatic rings. The van der Waals surface area contributed by atoms with Crippen molar-refractivity contribution in [3.05, 3.63) is 95.4 Å². The number of hydrogen-bond acceptors (Lipinski definition) is 4. The van der Waals surface area contributed by atoms with Crippen molar-refractivity contribution in [2.75, 3.05) is 6.61 Å². The molecule has 32 heavy (non-hydrogen) atoms. The number of carbonyl (C=O) groups is 1. The van der Waals surface area contributed by atoms with Crippen molar-refractivity contribution >= 4 is 17.2 Å². The van der Waals surface area contributed by atoms with Crippen LogP contribution in [0, 0.1) is 0 Å². The van der Waals surface area contributed by atoms with Gasteiger partial charge in [-0.1, -0.05) is 74.5 Å². The van der Waals surface area contributed by atoms with Crippen LogP contribution < -0.4 is 10.1 Å². The minimum absolute atomic E-state index is 0.00580. The third-order valence-electron chi connectivity index (χ3n) is 5.13. The normalized spacial score (nSPS) is 10.8. The Labute approximate surface area is 192 Å². The highest BCUT2D eigenvalue weighted by Crippen LogP contribution is 2.29. The first-order chi connectivity index (χ1) is 15.6. The number of amides is 1. The van der Waals surface area contributed by atoms with Crippen LogP contribution in [0.5, 0.6) is 5.75 Å². The standard InChI is InChI=1S/C27H26N2O2S/c1-19(2)22-11-7-13-24(15-22)31-17-26(30)28-16-20-8-6-12-23(14-20)27-29-25(18-32-27)21-9-4-3-5-10-21/h3-15,18-19H,16-17H2,1-2H3,(H,28,30). The van der Waals surface area contributed by atoms with E-state index in [1.807, 2.05) is 54.6 Å². The average molecular weight is 443 g/mol. The molecule has 162 valence electrons. The first kappa shape index (κ1) is 21.8. The van der Waals surface area contributed by atoms with E-state index in [-0.39, 0.29) is 12.5 Å². The van der Waals surface area contributed by atoms with Gasteiger partial charge in [-0.2, -0.15) is 0 Å². The second kappa shape index (κ2) is 10.2. The maximum atomic E-state index is 12.3. The second-order valence-electron chi connectivity index (χ2n) is 7.90. The van der Waals surface area contributed by atoms with Crippen LogP contribution in [-0.4, -0.2) is 17.5 Å². The number of aromatic nitrogens is 1. The van der Waals surface area contributed by atoms with E-state index < -0.39 is 0 Å². The van der Waals surface area contributed by atoms with Crippen molar-refractivity contribution in [2.45, 2.75) is 26.3 Å². The Morgan fingerprint density at radius 2 is 1.75 bits per heavy atom. The number of rotatable bonds is 8. The number of nitrogens with one attached hydrogen (secondary N) is 1. The SMILES string of the molecule is CC(C)c1cccc(OCC(=O)NCc2cccc(-c3nc(-c4ccccc4)cs3)c2)c1. The van der Waals surface area contributed by atoms with Gasteiger partial charge < -0.3 is 10.1 Å². The molecule has 0 saturated heterocycles. The molecule has 1 aromatic heterocycles. The Morgan fingerprint density at radius 1 is 0.969 bits per heavy atom. The Balaban J connectivity index is 1.34. The second-order valence-corrected chi connectivity index (χ2v) is 8.75. The lowest BCUT2D eigenvalue weighted by molar-refractivity contribution is -0.123. The van der Waals surface area contributed by atoms with Gasteiger partial charge in [0.1, 0.15) is 10.8 Å². The summed E-state index contributed by atoms with van der Waals surface area (Å²) in [6, 6.07) is 26.2. The molecule has 1 heterocycles. The van der Waals surface area contributed by atoms with Gasteiger partial charge in [-0.25, -0.2) is 4.98 Å². The maximum absolute atomic E-state index is 12.3. The summed E-state index contributed by atoms with van der Waals surface area (Å²) in [4.78, 5) is 17.1. The largest absolute Gasteiger partial charge is 0.484 e. The Bertz CT molecular complexity index is 1190. The third kappa shape index (κ3) is 5.62. The van der Waals surface area contributed by atoms with E-state index in [2.05, 4.69) is 48.8 Å². The average Bonchev–Trinajstić information content (AvgIpc) is 3.33. The van der Waals surface area contributed by atoms with Crippen LogP contribution in [0.2, 0.25) is 0 Å². The minimum atomic E-state index is -0.147. The van der Waals surface area contributed by atoms with Crippen molar-refractivity contribution in [3.63, 3.8) is 0 Å². The van der Waals surface area contributed by atoms with Crippen molar-refractivity contribution in [2.24, 2.45) is 0 Å². The van der Waals surface area contributed by atoms with E-state index in [4.69, 9.17) is 9.72 Å².